The summed E-state index contributed by atoms with van der Waals surface area (Å²) in [7, 11) is -3.69. The molecule has 1 aliphatic heterocycles. The molecule has 0 aromatic heterocycles. The topological polar surface area (TPSA) is 92.7 Å². The van der Waals surface area contributed by atoms with E-state index >= 15 is 0 Å². The van der Waals surface area contributed by atoms with Crippen molar-refractivity contribution < 1.29 is 23.1 Å². The lowest BCUT2D eigenvalue weighted by atomic mass is 9.84. The number of carbonyl (C=O) groups is 1. The number of hydrogen-bond acceptors (Lipinski definition) is 4. The molecular formula is C16H19NO5S. The molecule has 0 radical (unpaired) electrons. The molecule has 1 heterocycles. The van der Waals surface area contributed by atoms with Crippen LogP contribution in [0, 0.1) is 5.41 Å². The second-order valence-corrected chi connectivity index (χ2v) is 8.69. The van der Waals surface area contributed by atoms with Crippen LogP contribution in [-0.4, -0.2) is 25.0 Å². The van der Waals surface area contributed by atoms with Crippen molar-refractivity contribution >= 4 is 16.0 Å². The fourth-order valence-corrected chi connectivity index (χ4v) is 6.13. The van der Waals surface area contributed by atoms with Gasteiger partial charge in [-0.15, -0.1) is 0 Å². The number of nitrogens with one attached hydrogen (secondary N) is 1. The minimum absolute atomic E-state index is 0.265. The molecule has 0 amide bonds. The Morgan fingerprint density at radius 3 is 2.57 bits per heavy atom. The van der Waals surface area contributed by atoms with Gasteiger partial charge in [-0.3, -0.25) is 4.79 Å². The van der Waals surface area contributed by atoms with E-state index in [1.807, 2.05) is 6.07 Å². The fourth-order valence-electron chi connectivity index (χ4n) is 4.40. The van der Waals surface area contributed by atoms with Crippen LogP contribution in [0.15, 0.2) is 23.1 Å². The zero-order chi connectivity index (χ0) is 16.3. The van der Waals surface area contributed by atoms with Gasteiger partial charge in [-0.25, -0.2) is 13.1 Å². The molecule has 0 spiro atoms. The molecule has 124 valence electrons. The van der Waals surface area contributed by atoms with Crippen LogP contribution in [0.5, 0.6) is 0 Å². The van der Waals surface area contributed by atoms with E-state index in [0.717, 1.165) is 11.1 Å². The zero-order valence-electron chi connectivity index (χ0n) is 12.7. The number of carboxylic acid groups (broad SMARTS) is 1. The second kappa shape index (κ2) is 4.78. The van der Waals surface area contributed by atoms with Gasteiger partial charge in [-0.05, 0) is 43.7 Å². The molecule has 1 aromatic rings. The van der Waals surface area contributed by atoms with E-state index in [0.29, 0.717) is 45.3 Å². The van der Waals surface area contributed by atoms with Gasteiger partial charge in [0, 0.05) is 11.1 Å². The van der Waals surface area contributed by atoms with E-state index < -0.39 is 26.9 Å². The van der Waals surface area contributed by atoms with Crippen LogP contribution < -0.4 is 4.72 Å². The molecule has 23 heavy (non-hydrogen) atoms. The molecule has 2 N–H and O–H groups in total. The van der Waals surface area contributed by atoms with Gasteiger partial charge in [0.05, 0.1) is 23.5 Å². The standard InChI is InChI=1S/C16H19NO5S/c18-14(19)15-4-6-16(10-15,7-5-15)17-23(20,21)13-3-1-2-11-8-22-9-12(11)13/h1-3,17H,4-10H2,(H,18,19). The number of aliphatic carboxylic acids is 1. The molecule has 1 aromatic carbocycles. The minimum atomic E-state index is -3.69. The van der Waals surface area contributed by atoms with E-state index in [-0.39, 0.29) is 4.90 Å². The van der Waals surface area contributed by atoms with Crippen LogP contribution in [0.2, 0.25) is 0 Å². The van der Waals surface area contributed by atoms with Crippen molar-refractivity contribution in [2.24, 2.45) is 5.41 Å². The third-order valence-corrected chi connectivity index (χ3v) is 7.33. The zero-order valence-corrected chi connectivity index (χ0v) is 13.5. The van der Waals surface area contributed by atoms with Crippen molar-refractivity contribution in [3.8, 4) is 0 Å². The van der Waals surface area contributed by atoms with Gasteiger partial charge >= 0.3 is 5.97 Å². The lowest BCUT2D eigenvalue weighted by molar-refractivity contribution is -0.148. The van der Waals surface area contributed by atoms with Gasteiger partial charge in [0.1, 0.15) is 0 Å². The number of sulfonamides is 1. The summed E-state index contributed by atoms with van der Waals surface area (Å²) in [6.07, 6.45) is 2.65. The van der Waals surface area contributed by atoms with Crippen LogP contribution >= 0.6 is 0 Å². The molecule has 0 atom stereocenters. The highest BCUT2D eigenvalue weighted by Gasteiger charge is 2.59. The molecule has 2 bridgehead atoms. The predicted octanol–water partition coefficient (Wildman–Crippen LogP) is 1.78. The van der Waals surface area contributed by atoms with Crippen molar-refractivity contribution in [1.29, 1.82) is 0 Å². The summed E-state index contributed by atoms with van der Waals surface area (Å²) in [5.74, 6) is -0.801. The monoisotopic (exact) mass is 337 g/mol. The third kappa shape index (κ3) is 2.21. The molecule has 4 rings (SSSR count). The number of ether oxygens (including phenoxy) is 1. The summed E-state index contributed by atoms with van der Waals surface area (Å²) < 4.78 is 34.0. The van der Waals surface area contributed by atoms with Gasteiger partial charge in [0.15, 0.2) is 0 Å². The van der Waals surface area contributed by atoms with E-state index in [4.69, 9.17) is 4.74 Å². The summed E-state index contributed by atoms with van der Waals surface area (Å²) in [5, 5.41) is 9.45. The number of fused-ring (bicyclic) bond motifs is 3. The third-order valence-electron chi connectivity index (χ3n) is 5.67. The average Bonchev–Trinajstić information content (AvgIpc) is 3.19. The number of benzene rings is 1. The first-order chi connectivity index (χ1) is 10.9. The molecule has 6 nitrogen and oxygen atoms in total. The summed E-state index contributed by atoms with van der Waals surface area (Å²) in [6.45, 7) is 0.741. The molecule has 7 heteroatoms. The summed E-state index contributed by atoms with van der Waals surface area (Å²) in [6, 6.07) is 5.20. The van der Waals surface area contributed by atoms with Crippen LogP contribution in [0.3, 0.4) is 0 Å². The maximum atomic E-state index is 12.9. The Morgan fingerprint density at radius 1 is 1.17 bits per heavy atom. The van der Waals surface area contributed by atoms with Crippen molar-refractivity contribution in [2.45, 2.75) is 55.8 Å². The molecule has 2 fully saturated rings. The Bertz CT molecular complexity index is 778. The van der Waals surface area contributed by atoms with Gasteiger partial charge in [0.2, 0.25) is 10.0 Å². The van der Waals surface area contributed by atoms with Gasteiger partial charge in [-0.2, -0.15) is 0 Å². The van der Waals surface area contributed by atoms with E-state index in [2.05, 4.69) is 4.72 Å². The number of carboxylic acids is 1. The first-order valence-corrected chi connectivity index (χ1v) is 9.30. The van der Waals surface area contributed by atoms with Crippen molar-refractivity contribution in [2.75, 3.05) is 0 Å². The van der Waals surface area contributed by atoms with Crippen LogP contribution in [0.4, 0.5) is 0 Å². The van der Waals surface area contributed by atoms with Crippen LogP contribution in [0.25, 0.3) is 0 Å². The maximum absolute atomic E-state index is 12.9. The largest absolute Gasteiger partial charge is 0.481 e. The Morgan fingerprint density at radius 2 is 1.91 bits per heavy atom. The Kier molecular flexibility index (Phi) is 3.14. The minimum Gasteiger partial charge on any atom is -0.481 e. The van der Waals surface area contributed by atoms with Crippen molar-refractivity contribution in [3.63, 3.8) is 0 Å². The fraction of sp³-hybridized carbons (Fsp3) is 0.562. The van der Waals surface area contributed by atoms with E-state index in [1.54, 1.807) is 12.1 Å². The summed E-state index contributed by atoms with van der Waals surface area (Å²) in [4.78, 5) is 11.8. The lowest BCUT2D eigenvalue weighted by Crippen LogP contribution is -2.45. The number of rotatable bonds is 4. The van der Waals surface area contributed by atoms with E-state index in [9.17, 15) is 18.3 Å². The maximum Gasteiger partial charge on any atom is 0.309 e. The van der Waals surface area contributed by atoms with Gasteiger partial charge in [0.25, 0.3) is 0 Å². The average molecular weight is 337 g/mol. The Balaban J connectivity index is 1.65. The molecule has 3 aliphatic rings. The van der Waals surface area contributed by atoms with Gasteiger partial charge < -0.3 is 9.84 Å². The molecular weight excluding hydrogens is 318 g/mol. The highest BCUT2D eigenvalue weighted by atomic mass is 32.2. The Hall–Kier alpha value is -1.44. The number of hydrogen-bond donors (Lipinski definition) is 2. The van der Waals surface area contributed by atoms with E-state index in [1.165, 1.54) is 0 Å². The molecule has 2 aliphatic carbocycles. The second-order valence-electron chi connectivity index (χ2n) is 7.03. The first kappa shape index (κ1) is 15.1. The smallest absolute Gasteiger partial charge is 0.309 e. The predicted molar refractivity (Wildman–Crippen MR) is 81.1 cm³/mol. The molecule has 0 saturated heterocycles. The highest BCUT2D eigenvalue weighted by molar-refractivity contribution is 7.89. The van der Waals surface area contributed by atoms with Crippen molar-refractivity contribution in [3.05, 3.63) is 29.3 Å². The summed E-state index contributed by atoms with van der Waals surface area (Å²) in [5.41, 5.74) is 0.268. The quantitative estimate of drug-likeness (QED) is 0.874. The highest BCUT2D eigenvalue weighted by Crippen LogP contribution is 2.57. The van der Waals surface area contributed by atoms with Gasteiger partial charge in [-0.1, -0.05) is 12.1 Å². The Labute approximate surface area is 134 Å². The molecule has 2 saturated carbocycles. The summed E-state index contributed by atoms with van der Waals surface area (Å²) >= 11 is 0. The molecule has 0 unspecified atom stereocenters. The SMILES string of the molecule is O=C(O)C12CCC(NS(=O)(=O)c3cccc4c3COC4)(CC1)C2. The van der Waals surface area contributed by atoms with Crippen LogP contribution in [-0.2, 0) is 32.8 Å². The van der Waals surface area contributed by atoms with Crippen molar-refractivity contribution in [1.82, 2.24) is 4.72 Å². The normalized spacial score (nSPS) is 32.2. The lowest BCUT2D eigenvalue weighted by Gasteiger charge is -2.28. The first-order valence-electron chi connectivity index (χ1n) is 7.82. The van der Waals surface area contributed by atoms with Crippen LogP contribution in [0.1, 0.15) is 43.2 Å².